The number of hydrogen-bond acceptors (Lipinski definition) is 5. The second-order valence-electron chi connectivity index (χ2n) is 8.15. The highest BCUT2D eigenvalue weighted by Gasteiger charge is 2.22. The molecule has 0 spiro atoms. The molecule has 1 atom stereocenters. The number of anilines is 1. The minimum atomic E-state index is -0.0621. The molecule has 156 valence electrons. The standard InChI is InChI=1S/C22H30N4O3/c1-15(2)22(16-7-8-18-19(13-16)29-12-11-28-18)23-14-21(27)25-20-9-10-24-26(20)17-5-3-4-6-17/h7-10,13,15,17,22-23H,3-6,11-12,14H2,1-2H3,(H,25,27). The van der Waals surface area contributed by atoms with E-state index in [0.29, 0.717) is 25.2 Å². The molecule has 0 bridgehead atoms. The van der Waals surface area contributed by atoms with Crippen LogP contribution in [0.4, 0.5) is 5.82 Å². The Bertz CT molecular complexity index is 842. The second kappa shape index (κ2) is 8.86. The molecule has 2 heterocycles. The highest BCUT2D eigenvalue weighted by Crippen LogP contribution is 2.34. The van der Waals surface area contributed by atoms with Crippen LogP contribution in [-0.2, 0) is 4.79 Å². The van der Waals surface area contributed by atoms with Crippen molar-refractivity contribution in [3.8, 4) is 11.5 Å². The lowest BCUT2D eigenvalue weighted by Crippen LogP contribution is -2.34. The van der Waals surface area contributed by atoms with Gasteiger partial charge in [-0.05, 0) is 36.5 Å². The molecule has 0 radical (unpaired) electrons. The molecule has 2 aliphatic rings. The molecule has 1 unspecified atom stereocenters. The van der Waals surface area contributed by atoms with Crippen LogP contribution in [0.5, 0.6) is 11.5 Å². The number of ether oxygens (including phenoxy) is 2. The van der Waals surface area contributed by atoms with Crippen LogP contribution in [0.1, 0.15) is 57.2 Å². The molecule has 1 amide bonds. The van der Waals surface area contributed by atoms with E-state index in [0.717, 1.165) is 35.7 Å². The monoisotopic (exact) mass is 398 g/mol. The lowest BCUT2D eigenvalue weighted by atomic mass is 9.95. The quantitative estimate of drug-likeness (QED) is 0.744. The van der Waals surface area contributed by atoms with Crippen molar-refractivity contribution in [2.24, 2.45) is 5.92 Å². The van der Waals surface area contributed by atoms with Crippen molar-refractivity contribution in [2.45, 2.75) is 51.6 Å². The largest absolute Gasteiger partial charge is 0.486 e. The number of aromatic nitrogens is 2. The molecule has 7 heteroatoms. The predicted octanol–water partition coefficient (Wildman–Crippen LogP) is 3.69. The molecular formula is C22H30N4O3. The van der Waals surface area contributed by atoms with Gasteiger partial charge in [-0.15, -0.1) is 0 Å². The van der Waals surface area contributed by atoms with Crippen LogP contribution in [0.3, 0.4) is 0 Å². The van der Waals surface area contributed by atoms with E-state index >= 15 is 0 Å². The topological polar surface area (TPSA) is 77.4 Å². The molecule has 0 saturated heterocycles. The van der Waals surface area contributed by atoms with Crippen molar-refractivity contribution < 1.29 is 14.3 Å². The third-order valence-electron chi connectivity index (χ3n) is 5.68. The summed E-state index contributed by atoms with van der Waals surface area (Å²) in [4.78, 5) is 12.6. The molecule has 29 heavy (non-hydrogen) atoms. The Morgan fingerprint density at radius 3 is 2.69 bits per heavy atom. The number of fused-ring (bicyclic) bond motifs is 1. The van der Waals surface area contributed by atoms with Crippen molar-refractivity contribution in [3.63, 3.8) is 0 Å². The van der Waals surface area contributed by atoms with Crippen molar-refractivity contribution in [2.75, 3.05) is 25.1 Å². The summed E-state index contributed by atoms with van der Waals surface area (Å²) in [6.07, 6.45) is 6.47. The maximum absolute atomic E-state index is 12.6. The van der Waals surface area contributed by atoms with Crippen LogP contribution in [0.25, 0.3) is 0 Å². The summed E-state index contributed by atoms with van der Waals surface area (Å²) >= 11 is 0. The predicted molar refractivity (Wildman–Crippen MR) is 111 cm³/mol. The molecule has 1 aromatic heterocycles. The molecule has 4 rings (SSSR count). The summed E-state index contributed by atoms with van der Waals surface area (Å²) in [6, 6.07) is 8.31. The van der Waals surface area contributed by atoms with Crippen LogP contribution in [0.15, 0.2) is 30.5 Å². The molecule has 1 fully saturated rings. The van der Waals surface area contributed by atoms with E-state index in [1.807, 2.05) is 28.9 Å². The Hall–Kier alpha value is -2.54. The van der Waals surface area contributed by atoms with E-state index in [2.05, 4.69) is 29.6 Å². The number of amides is 1. The number of nitrogens with zero attached hydrogens (tertiary/aromatic N) is 2. The van der Waals surface area contributed by atoms with Gasteiger partial charge in [-0.1, -0.05) is 32.8 Å². The van der Waals surface area contributed by atoms with Crippen LogP contribution in [0.2, 0.25) is 0 Å². The van der Waals surface area contributed by atoms with E-state index in [1.54, 1.807) is 6.20 Å². The van der Waals surface area contributed by atoms with E-state index < -0.39 is 0 Å². The Morgan fingerprint density at radius 1 is 1.17 bits per heavy atom. The summed E-state index contributed by atoms with van der Waals surface area (Å²) in [7, 11) is 0. The van der Waals surface area contributed by atoms with Crippen LogP contribution >= 0.6 is 0 Å². The average molecular weight is 399 g/mol. The second-order valence-corrected chi connectivity index (χ2v) is 8.15. The SMILES string of the molecule is CC(C)C(NCC(=O)Nc1ccnn1C1CCCC1)c1ccc2c(c1)OCCO2. The number of hydrogen-bond donors (Lipinski definition) is 2. The number of benzene rings is 1. The third kappa shape index (κ3) is 4.56. The number of carbonyl (C=O) groups is 1. The molecule has 7 nitrogen and oxygen atoms in total. The average Bonchev–Trinajstić information content (AvgIpc) is 3.39. The zero-order chi connectivity index (χ0) is 20.2. The van der Waals surface area contributed by atoms with Gasteiger partial charge in [0, 0.05) is 12.1 Å². The molecule has 2 N–H and O–H groups in total. The Morgan fingerprint density at radius 2 is 1.93 bits per heavy atom. The van der Waals surface area contributed by atoms with Gasteiger partial charge in [-0.3, -0.25) is 4.79 Å². The zero-order valence-corrected chi connectivity index (χ0v) is 17.2. The maximum Gasteiger partial charge on any atom is 0.239 e. The van der Waals surface area contributed by atoms with Gasteiger partial charge < -0.3 is 20.1 Å². The van der Waals surface area contributed by atoms with E-state index in [4.69, 9.17) is 9.47 Å². The number of carbonyl (C=O) groups excluding carboxylic acids is 1. The van der Waals surface area contributed by atoms with Crippen molar-refractivity contribution in [3.05, 3.63) is 36.0 Å². The van der Waals surface area contributed by atoms with E-state index in [9.17, 15) is 4.79 Å². The fourth-order valence-corrected chi connectivity index (χ4v) is 4.23. The van der Waals surface area contributed by atoms with Gasteiger partial charge in [0.25, 0.3) is 0 Å². The summed E-state index contributed by atoms with van der Waals surface area (Å²) in [5.41, 5.74) is 1.09. The van der Waals surface area contributed by atoms with Gasteiger partial charge >= 0.3 is 0 Å². The van der Waals surface area contributed by atoms with Crippen LogP contribution in [-0.4, -0.2) is 35.4 Å². The molecule has 1 saturated carbocycles. The normalized spacial score (nSPS) is 17.5. The first-order valence-corrected chi connectivity index (χ1v) is 10.6. The molecule has 1 aliphatic heterocycles. The van der Waals surface area contributed by atoms with Crippen molar-refractivity contribution in [1.82, 2.24) is 15.1 Å². The summed E-state index contributed by atoms with van der Waals surface area (Å²) in [6.45, 7) is 5.65. The first kappa shape index (κ1) is 19.8. The fraction of sp³-hybridized carbons (Fsp3) is 0.545. The molecule has 1 aromatic carbocycles. The number of rotatable bonds is 7. The molecule has 2 aromatic rings. The zero-order valence-electron chi connectivity index (χ0n) is 17.2. The minimum absolute atomic E-state index is 0.0383. The maximum atomic E-state index is 12.6. The van der Waals surface area contributed by atoms with Crippen molar-refractivity contribution >= 4 is 11.7 Å². The van der Waals surface area contributed by atoms with Gasteiger partial charge in [-0.2, -0.15) is 5.10 Å². The lowest BCUT2D eigenvalue weighted by molar-refractivity contribution is -0.115. The van der Waals surface area contributed by atoms with Crippen LogP contribution < -0.4 is 20.1 Å². The van der Waals surface area contributed by atoms with Gasteiger partial charge in [0.15, 0.2) is 11.5 Å². The molecule has 1 aliphatic carbocycles. The summed E-state index contributed by atoms with van der Waals surface area (Å²) < 4.78 is 13.3. The van der Waals surface area contributed by atoms with Crippen molar-refractivity contribution in [1.29, 1.82) is 0 Å². The van der Waals surface area contributed by atoms with E-state index in [1.165, 1.54) is 12.8 Å². The lowest BCUT2D eigenvalue weighted by Gasteiger charge is -2.25. The first-order valence-electron chi connectivity index (χ1n) is 10.6. The minimum Gasteiger partial charge on any atom is -0.486 e. The fourth-order valence-electron chi connectivity index (χ4n) is 4.23. The summed E-state index contributed by atoms with van der Waals surface area (Å²) in [5.74, 6) is 2.58. The van der Waals surface area contributed by atoms with Gasteiger partial charge in [0.1, 0.15) is 19.0 Å². The highest BCUT2D eigenvalue weighted by molar-refractivity contribution is 5.91. The Balaban J connectivity index is 1.39. The van der Waals surface area contributed by atoms with Gasteiger partial charge in [0.2, 0.25) is 5.91 Å². The number of nitrogens with one attached hydrogen (secondary N) is 2. The third-order valence-corrected chi connectivity index (χ3v) is 5.68. The highest BCUT2D eigenvalue weighted by atomic mass is 16.6. The first-order chi connectivity index (χ1) is 14.1. The van der Waals surface area contributed by atoms with Gasteiger partial charge in [0.05, 0.1) is 18.8 Å². The Labute approximate surface area is 171 Å². The van der Waals surface area contributed by atoms with E-state index in [-0.39, 0.29) is 18.5 Å². The molecular weight excluding hydrogens is 368 g/mol. The summed E-state index contributed by atoms with van der Waals surface area (Å²) in [5, 5.41) is 10.8. The Kier molecular flexibility index (Phi) is 6.04. The van der Waals surface area contributed by atoms with Gasteiger partial charge in [-0.25, -0.2) is 4.68 Å². The smallest absolute Gasteiger partial charge is 0.239 e. The van der Waals surface area contributed by atoms with Crippen LogP contribution in [0, 0.1) is 5.92 Å².